The van der Waals surface area contributed by atoms with E-state index in [2.05, 4.69) is 9.97 Å². The molecular formula is C27H25N3O4. The number of ether oxygens (including phenoxy) is 2. The molecule has 34 heavy (non-hydrogen) atoms. The van der Waals surface area contributed by atoms with Crippen molar-refractivity contribution in [3.05, 3.63) is 99.1 Å². The van der Waals surface area contributed by atoms with E-state index < -0.39 is 6.04 Å². The molecular weight excluding hydrogens is 430 g/mol. The number of methoxy groups -OCH3 is 2. The van der Waals surface area contributed by atoms with Crippen LogP contribution < -0.4 is 15.0 Å². The molecule has 1 aliphatic heterocycles. The maximum atomic E-state index is 13.6. The Balaban J connectivity index is 1.74. The summed E-state index contributed by atoms with van der Waals surface area (Å²) < 4.78 is 11.1. The molecule has 0 unspecified atom stereocenters. The van der Waals surface area contributed by atoms with Gasteiger partial charge in [0.25, 0.3) is 11.5 Å². The molecule has 0 fully saturated rings. The van der Waals surface area contributed by atoms with Gasteiger partial charge >= 0.3 is 0 Å². The third-order valence-electron chi connectivity index (χ3n) is 6.45. The number of benzene rings is 2. The summed E-state index contributed by atoms with van der Waals surface area (Å²) in [7, 11) is 3.17. The number of aromatic amines is 1. The molecule has 172 valence electrons. The molecule has 1 N–H and O–H groups in total. The van der Waals surface area contributed by atoms with Gasteiger partial charge in [-0.3, -0.25) is 14.6 Å². The smallest absolute Gasteiger partial charge is 0.256 e. The van der Waals surface area contributed by atoms with Gasteiger partial charge in [-0.1, -0.05) is 18.2 Å². The van der Waals surface area contributed by atoms with Crippen molar-refractivity contribution in [2.24, 2.45) is 0 Å². The van der Waals surface area contributed by atoms with Crippen molar-refractivity contribution in [3.8, 4) is 11.5 Å². The number of hydrogen-bond acceptors (Lipinski definition) is 5. The summed E-state index contributed by atoms with van der Waals surface area (Å²) in [5, 5.41) is 0.913. The van der Waals surface area contributed by atoms with E-state index in [-0.39, 0.29) is 11.5 Å². The average Bonchev–Trinajstić information content (AvgIpc) is 2.87. The SMILES string of the molecule is COc1cc2c(cc1OC)[C@@H](c1cc3cccc(C)c3[nH]c1=O)N(C(=O)c1cccnc1)CC2. The van der Waals surface area contributed by atoms with Crippen LogP contribution in [0.2, 0.25) is 0 Å². The van der Waals surface area contributed by atoms with Gasteiger partial charge in [0, 0.05) is 24.5 Å². The van der Waals surface area contributed by atoms with Crippen LogP contribution in [-0.4, -0.2) is 41.5 Å². The number of H-pyrrole nitrogens is 1. The van der Waals surface area contributed by atoms with Crippen LogP contribution in [0, 0.1) is 6.92 Å². The van der Waals surface area contributed by atoms with Crippen molar-refractivity contribution in [1.82, 2.24) is 14.9 Å². The average molecular weight is 456 g/mol. The van der Waals surface area contributed by atoms with Crippen molar-refractivity contribution in [2.45, 2.75) is 19.4 Å². The summed E-state index contributed by atoms with van der Waals surface area (Å²) in [5.74, 6) is 0.993. The summed E-state index contributed by atoms with van der Waals surface area (Å²) in [6.07, 6.45) is 3.81. The number of rotatable bonds is 4. The third-order valence-corrected chi connectivity index (χ3v) is 6.45. The maximum absolute atomic E-state index is 13.6. The lowest BCUT2D eigenvalue weighted by molar-refractivity contribution is 0.0693. The number of hydrogen-bond donors (Lipinski definition) is 1. The number of nitrogens with zero attached hydrogens (tertiary/aromatic N) is 2. The molecule has 5 rings (SSSR count). The largest absolute Gasteiger partial charge is 0.493 e. The lowest BCUT2D eigenvalue weighted by atomic mass is 9.87. The molecule has 0 saturated carbocycles. The first-order chi connectivity index (χ1) is 16.5. The Hall–Kier alpha value is -4.13. The highest BCUT2D eigenvalue weighted by atomic mass is 16.5. The molecule has 7 nitrogen and oxygen atoms in total. The third kappa shape index (κ3) is 3.59. The van der Waals surface area contributed by atoms with Crippen molar-refractivity contribution in [3.63, 3.8) is 0 Å². The Labute approximate surface area is 197 Å². The summed E-state index contributed by atoms with van der Waals surface area (Å²) in [4.78, 5) is 35.9. The predicted molar refractivity (Wildman–Crippen MR) is 130 cm³/mol. The predicted octanol–water partition coefficient (Wildman–Crippen LogP) is 4.04. The monoisotopic (exact) mass is 455 g/mol. The number of para-hydroxylation sites is 1. The second-order valence-corrected chi connectivity index (χ2v) is 8.39. The van der Waals surface area contributed by atoms with E-state index in [9.17, 15) is 9.59 Å². The van der Waals surface area contributed by atoms with E-state index >= 15 is 0 Å². The fraction of sp³-hybridized carbons (Fsp3) is 0.222. The van der Waals surface area contributed by atoms with Gasteiger partial charge in [0.15, 0.2) is 11.5 Å². The lowest BCUT2D eigenvalue weighted by Crippen LogP contribution is -2.42. The summed E-state index contributed by atoms with van der Waals surface area (Å²) in [6.45, 7) is 2.41. The minimum absolute atomic E-state index is 0.178. The van der Waals surface area contributed by atoms with Crippen LogP contribution >= 0.6 is 0 Å². The van der Waals surface area contributed by atoms with Crippen molar-refractivity contribution in [1.29, 1.82) is 0 Å². The Morgan fingerprint density at radius 2 is 1.85 bits per heavy atom. The van der Waals surface area contributed by atoms with Gasteiger partial charge in [-0.2, -0.15) is 0 Å². The number of amides is 1. The molecule has 0 radical (unpaired) electrons. The molecule has 7 heteroatoms. The molecule has 0 aliphatic carbocycles. The van der Waals surface area contributed by atoms with E-state index in [0.29, 0.717) is 35.6 Å². The molecule has 3 heterocycles. The number of aryl methyl sites for hydroxylation is 1. The minimum atomic E-state index is -0.593. The summed E-state index contributed by atoms with van der Waals surface area (Å²) in [6, 6.07) is 14.5. The van der Waals surface area contributed by atoms with Gasteiger partial charge in [-0.25, -0.2) is 0 Å². The van der Waals surface area contributed by atoms with Gasteiger partial charge in [-0.15, -0.1) is 0 Å². The highest BCUT2D eigenvalue weighted by Gasteiger charge is 2.35. The quantitative estimate of drug-likeness (QED) is 0.502. The molecule has 0 bridgehead atoms. The first-order valence-electron chi connectivity index (χ1n) is 11.1. The van der Waals surface area contributed by atoms with Gasteiger partial charge in [-0.05, 0) is 65.8 Å². The molecule has 0 saturated heterocycles. The van der Waals surface area contributed by atoms with E-state index in [4.69, 9.17) is 9.47 Å². The van der Waals surface area contributed by atoms with E-state index in [1.807, 2.05) is 43.3 Å². The molecule has 0 spiro atoms. The zero-order valence-corrected chi connectivity index (χ0v) is 19.3. The molecule has 1 atom stereocenters. The van der Waals surface area contributed by atoms with Crippen LogP contribution in [0.15, 0.2) is 65.7 Å². The molecule has 1 amide bonds. The normalized spacial score (nSPS) is 15.1. The number of aromatic nitrogens is 2. The number of carbonyl (C=O) groups excluding carboxylic acids is 1. The number of fused-ring (bicyclic) bond motifs is 2. The van der Waals surface area contributed by atoms with Gasteiger partial charge in [0.2, 0.25) is 0 Å². The second kappa shape index (κ2) is 8.67. The summed E-state index contributed by atoms with van der Waals surface area (Å²) in [5.41, 5.74) is 4.40. The summed E-state index contributed by atoms with van der Waals surface area (Å²) >= 11 is 0. The van der Waals surface area contributed by atoms with Crippen molar-refractivity contribution in [2.75, 3.05) is 20.8 Å². The Kier molecular flexibility index (Phi) is 5.53. The maximum Gasteiger partial charge on any atom is 0.256 e. The molecule has 2 aromatic heterocycles. The Bertz CT molecular complexity index is 1450. The van der Waals surface area contributed by atoms with Gasteiger partial charge in [0.05, 0.1) is 31.3 Å². The van der Waals surface area contributed by atoms with E-state index in [1.54, 1.807) is 43.6 Å². The van der Waals surface area contributed by atoms with Crippen LogP contribution in [0.1, 0.15) is 38.7 Å². The molecule has 4 aromatic rings. The standard InChI is InChI=1S/C27H25N3O4/c1-16-6-4-7-18-12-21(26(31)29-24(16)18)25-20-14-23(34-3)22(33-2)13-17(20)9-11-30(25)27(32)19-8-5-10-28-15-19/h4-8,10,12-15,25H,9,11H2,1-3H3,(H,29,31)/t25-/m0/s1. The zero-order valence-electron chi connectivity index (χ0n) is 19.3. The van der Waals surface area contributed by atoms with Crippen molar-refractivity contribution < 1.29 is 14.3 Å². The van der Waals surface area contributed by atoms with Crippen LogP contribution in [0.4, 0.5) is 0 Å². The number of carbonyl (C=O) groups is 1. The van der Waals surface area contributed by atoms with Crippen LogP contribution in [-0.2, 0) is 6.42 Å². The van der Waals surface area contributed by atoms with Crippen LogP contribution in [0.25, 0.3) is 10.9 Å². The molecule has 1 aliphatic rings. The highest BCUT2D eigenvalue weighted by molar-refractivity contribution is 5.95. The number of nitrogens with one attached hydrogen (secondary N) is 1. The first-order valence-corrected chi connectivity index (χ1v) is 11.1. The van der Waals surface area contributed by atoms with Gasteiger partial charge in [0.1, 0.15) is 0 Å². The zero-order chi connectivity index (χ0) is 23.8. The lowest BCUT2D eigenvalue weighted by Gasteiger charge is -2.37. The van der Waals surface area contributed by atoms with Crippen LogP contribution in [0.5, 0.6) is 11.5 Å². The fourth-order valence-electron chi connectivity index (χ4n) is 4.76. The minimum Gasteiger partial charge on any atom is -0.493 e. The Morgan fingerprint density at radius 3 is 2.59 bits per heavy atom. The topological polar surface area (TPSA) is 84.5 Å². The van der Waals surface area contributed by atoms with E-state index in [1.165, 1.54) is 0 Å². The fourth-order valence-corrected chi connectivity index (χ4v) is 4.76. The van der Waals surface area contributed by atoms with Crippen LogP contribution in [0.3, 0.4) is 0 Å². The number of pyridine rings is 2. The second-order valence-electron chi connectivity index (χ2n) is 8.39. The van der Waals surface area contributed by atoms with Gasteiger partial charge < -0.3 is 19.4 Å². The van der Waals surface area contributed by atoms with Crippen molar-refractivity contribution >= 4 is 16.8 Å². The highest BCUT2D eigenvalue weighted by Crippen LogP contribution is 2.41. The first kappa shape index (κ1) is 21.7. The molecule has 2 aromatic carbocycles. The van der Waals surface area contributed by atoms with E-state index in [0.717, 1.165) is 27.6 Å². The Morgan fingerprint density at radius 1 is 1.06 bits per heavy atom.